The first-order valence-electron chi connectivity index (χ1n) is 4.05. The molecule has 0 aromatic carbocycles. The van der Waals surface area contributed by atoms with Crippen LogP contribution in [0.4, 0.5) is 0 Å². The quantitative estimate of drug-likeness (QED) is 0.890. The van der Waals surface area contributed by atoms with E-state index in [1.165, 1.54) is 4.31 Å². The number of nitrogens with zero attached hydrogens (tertiary/aromatic N) is 1. The van der Waals surface area contributed by atoms with Gasteiger partial charge >= 0.3 is 0 Å². The summed E-state index contributed by atoms with van der Waals surface area (Å²) in [5.74, 6) is 0. The van der Waals surface area contributed by atoms with Crippen LogP contribution in [0.15, 0.2) is 15.9 Å². The van der Waals surface area contributed by atoms with Gasteiger partial charge in [-0.1, -0.05) is 0 Å². The van der Waals surface area contributed by atoms with Gasteiger partial charge in [0.25, 0.3) is 10.2 Å². The SMILES string of the molecule is O=S1(=O)NCCN1Cc1cc(Br)cs1. The molecule has 1 N–H and O–H groups in total. The molecule has 0 atom stereocenters. The van der Waals surface area contributed by atoms with Crippen LogP contribution in [0.25, 0.3) is 0 Å². The predicted molar refractivity (Wildman–Crippen MR) is 59.4 cm³/mol. The molecule has 7 heteroatoms. The van der Waals surface area contributed by atoms with E-state index in [2.05, 4.69) is 20.7 Å². The van der Waals surface area contributed by atoms with Crippen molar-refractivity contribution in [3.05, 3.63) is 20.8 Å². The molecule has 1 fully saturated rings. The average Bonchev–Trinajstić information content (AvgIpc) is 2.61. The molecule has 2 rings (SSSR count). The Balaban J connectivity index is 2.12. The van der Waals surface area contributed by atoms with Crippen molar-refractivity contribution in [1.29, 1.82) is 0 Å². The normalized spacial score (nSPS) is 21.5. The Morgan fingerprint density at radius 1 is 1.64 bits per heavy atom. The lowest BCUT2D eigenvalue weighted by Crippen LogP contribution is -2.28. The largest absolute Gasteiger partial charge is 0.279 e. The molecular formula is C7H9BrN2O2S2. The Bertz CT molecular complexity index is 429. The third kappa shape index (κ3) is 2.17. The summed E-state index contributed by atoms with van der Waals surface area (Å²) in [7, 11) is -3.20. The molecular weight excluding hydrogens is 288 g/mol. The maximum atomic E-state index is 11.4. The van der Waals surface area contributed by atoms with Crippen molar-refractivity contribution < 1.29 is 8.42 Å². The minimum absolute atomic E-state index is 0.464. The molecule has 14 heavy (non-hydrogen) atoms. The molecule has 2 heterocycles. The van der Waals surface area contributed by atoms with Crippen LogP contribution in [0.1, 0.15) is 4.88 Å². The summed E-state index contributed by atoms with van der Waals surface area (Å²) < 4.78 is 27.7. The summed E-state index contributed by atoms with van der Waals surface area (Å²) in [6.07, 6.45) is 0. The van der Waals surface area contributed by atoms with Gasteiger partial charge in [0.05, 0.1) is 0 Å². The summed E-state index contributed by atoms with van der Waals surface area (Å²) in [4.78, 5) is 1.05. The van der Waals surface area contributed by atoms with Gasteiger partial charge in [-0.15, -0.1) is 11.3 Å². The van der Waals surface area contributed by atoms with E-state index in [4.69, 9.17) is 0 Å². The van der Waals surface area contributed by atoms with Gasteiger partial charge in [0, 0.05) is 34.4 Å². The smallest absolute Gasteiger partial charge is 0.201 e. The summed E-state index contributed by atoms with van der Waals surface area (Å²) in [6.45, 7) is 1.53. The second-order valence-corrected chi connectivity index (χ2v) is 6.63. The third-order valence-electron chi connectivity index (χ3n) is 1.94. The number of halogens is 1. The van der Waals surface area contributed by atoms with Crippen LogP contribution < -0.4 is 4.72 Å². The molecule has 0 unspecified atom stereocenters. The van der Waals surface area contributed by atoms with Crippen LogP contribution in [0, 0.1) is 0 Å². The highest BCUT2D eigenvalue weighted by Gasteiger charge is 2.27. The molecule has 78 valence electrons. The van der Waals surface area contributed by atoms with Crippen molar-refractivity contribution in [3.8, 4) is 0 Å². The van der Waals surface area contributed by atoms with Gasteiger partial charge in [-0.25, -0.2) is 4.72 Å². The van der Waals surface area contributed by atoms with Gasteiger partial charge < -0.3 is 0 Å². The molecule has 1 aliphatic rings. The van der Waals surface area contributed by atoms with E-state index in [0.29, 0.717) is 19.6 Å². The third-order valence-corrected chi connectivity index (χ3v) is 5.18. The number of rotatable bonds is 2. The summed E-state index contributed by atoms with van der Waals surface area (Å²) >= 11 is 4.89. The molecule has 0 amide bonds. The molecule has 1 aromatic heterocycles. The van der Waals surface area contributed by atoms with Crippen LogP contribution in [0.2, 0.25) is 0 Å². The lowest BCUT2D eigenvalue weighted by atomic mass is 10.4. The summed E-state index contributed by atoms with van der Waals surface area (Å²) in [6, 6.07) is 1.94. The predicted octanol–water partition coefficient (Wildman–Crippen LogP) is 1.16. The van der Waals surface area contributed by atoms with Crippen LogP contribution >= 0.6 is 27.3 Å². The molecule has 1 aliphatic heterocycles. The van der Waals surface area contributed by atoms with E-state index >= 15 is 0 Å². The second-order valence-electron chi connectivity index (χ2n) is 2.96. The Morgan fingerprint density at radius 2 is 2.43 bits per heavy atom. The van der Waals surface area contributed by atoms with Gasteiger partial charge in [0.2, 0.25) is 0 Å². The van der Waals surface area contributed by atoms with Crippen LogP contribution in [-0.2, 0) is 16.8 Å². The molecule has 0 spiro atoms. The zero-order valence-electron chi connectivity index (χ0n) is 7.23. The molecule has 0 radical (unpaired) electrons. The zero-order chi connectivity index (χ0) is 10.2. The molecule has 0 saturated carbocycles. The highest BCUT2D eigenvalue weighted by molar-refractivity contribution is 9.10. The fourth-order valence-electron chi connectivity index (χ4n) is 1.29. The average molecular weight is 297 g/mol. The van der Waals surface area contributed by atoms with Crippen molar-refractivity contribution in [2.75, 3.05) is 13.1 Å². The first-order valence-corrected chi connectivity index (χ1v) is 7.17. The fourth-order valence-corrected chi connectivity index (χ4v) is 4.01. The number of nitrogens with one attached hydrogen (secondary N) is 1. The van der Waals surface area contributed by atoms with E-state index < -0.39 is 10.2 Å². The molecule has 1 saturated heterocycles. The Hall–Kier alpha value is 0.0500. The molecule has 4 nitrogen and oxygen atoms in total. The monoisotopic (exact) mass is 296 g/mol. The van der Waals surface area contributed by atoms with E-state index in [1.807, 2.05) is 11.4 Å². The number of hydrogen-bond acceptors (Lipinski definition) is 3. The minimum atomic E-state index is -3.20. The Kier molecular flexibility index (Phi) is 2.94. The Labute approximate surface area is 95.2 Å². The van der Waals surface area contributed by atoms with Crippen LogP contribution in [0.5, 0.6) is 0 Å². The van der Waals surface area contributed by atoms with Gasteiger partial charge in [-0.2, -0.15) is 12.7 Å². The van der Waals surface area contributed by atoms with Crippen LogP contribution in [-0.4, -0.2) is 25.8 Å². The van der Waals surface area contributed by atoms with Crippen molar-refractivity contribution in [1.82, 2.24) is 9.03 Å². The molecule has 0 aliphatic carbocycles. The standard InChI is InChI=1S/C7H9BrN2O2S2/c8-6-3-7(13-5-6)4-10-2-1-9-14(10,11)12/h3,5,9H,1-2,4H2. The zero-order valence-corrected chi connectivity index (χ0v) is 10.5. The summed E-state index contributed by atoms with van der Waals surface area (Å²) in [5.41, 5.74) is 0. The molecule has 1 aromatic rings. The van der Waals surface area contributed by atoms with E-state index in [-0.39, 0.29) is 0 Å². The van der Waals surface area contributed by atoms with Crippen molar-refractivity contribution in [2.24, 2.45) is 0 Å². The minimum Gasteiger partial charge on any atom is -0.201 e. The first kappa shape index (κ1) is 10.6. The highest BCUT2D eigenvalue weighted by atomic mass is 79.9. The first-order chi connectivity index (χ1) is 6.58. The fraction of sp³-hybridized carbons (Fsp3) is 0.429. The Morgan fingerprint density at radius 3 is 2.93 bits per heavy atom. The van der Waals surface area contributed by atoms with Crippen molar-refractivity contribution in [3.63, 3.8) is 0 Å². The van der Waals surface area contributed by atoms with Crippen LogP contribution in [0.3, 0.4) is 0 Å². The number of thiophene rings is 1. The van der Waals surface area contributed by atoms with Gasteiger partial charge in [0.15, 0.2) is 0 Å². The van der Waals surface area contributed by atoms with E-state index in [9.17, 15) is 8.42 Å². The van der Waals surface area contributed by atoms with Gasteiger partial charge in [0.1, 0.15) is 0 Å². The maximum Gasteiger partial charge on any atom is 0.279 e. The van der Waals surface area contributed by atoms with Crippen molar-refractivity contribution >= 4 is 37.5 Å². The maximum absolute atomic E-state index is 11.4. The van der Waals surface area contributed by atoms with Gasteiger partial charge in [-0.3, -0.25) is 0 Å². The molecule has 0 bridgehead atoms. The van der Waals surface area contributed by atoms with E-state index in [1.54, 1.807) is 11.3 Å². The van der Waals surface area contributed by atoms with Crippen molar-refractivity contribution in [2.45, 2.75) is 6.54 Å². The summed E-state index contributed by atoms with van der Waals surface area (Å²) in [5, 5.41) is 1.95. The van der Waals surface area contributed by atoms with Gasteiger partial charge in [-0.05, 0) is 22.0 Å². The number of hydrogen-bond donors (Lipinski definition) is 1. The lowest BCUT2D eigenvalue weighted by Gasteiger charge is -2.10. The highest BCUT2D eigenvalue weighted by Crippen LogP contribution is 2.22. The topological polar surface area (TPSA) is 49.4 Å². The second kappa shape index (κ2) is 3.90. The van der Waals surface area contributed by atoms with E-state index in [0.717, 1.165) is 9.35 Å². The lowest BCUT2D eigenvalue weighted by molar-refractivity contribution is 0.449.